The lowest BCUT2D eigenvalue weighted by molar-refractivity contribution is -0.114. The highest BCUT2D eigenvalue weighted by Gasteiger charge is 2.18. The van der Waals surface area contributed by atoms with Crippen molar-refractivity contribution in [1.29, 1.82) is 0 Å². The maximum absolute atomic E-state index is 11.1. The first-order valence-electron chi connectivity index (χ1n) is 10.2. The Kier molecular flexibility index (Phi) is 7.49. The van der Waals surface area contributed by atoms with Crippen molar-refractivity contribution in [2.45, 2.75) is 51.7 Å². The maximum Gasteiger partial charge on any atom is 0.221 e. The number of amides is 1. The van der Waals surface area contributed by atoms with Crippen molar-refractivity contribution in [1.82, 2.24) is 5.06 Å². The summed E-state index contributed by atoms with van der Waals surface area (Å²) in [6, 6.07) is 13.4. The summed E-state index contributed by atoms with van der Waals surface area (Å²) < 4.78 is 11.6. The summed E-state index contributed by atoms with van der Waals surface area (Å²) >= 11 is 0. The van der Waals surface area contributed by atoms with E-state index in [0.29, 0.717) is 19.5 Å². The predicted molar refractivity (Wildman–Crippen MR) is 113 cm³/mol. The van der Waals surface area contributed by atoms with E-state index in [1.807, 2.05) is 42.5 Å². The third-order valence-corrected chi connectivity index (χ3v) is 5.12. The third kappa shape index (κ3) is 6.48. The summed E-state index contributed by atoms with van der Waals surface area (Å²) in [5.41, 5.74) is 2.82. The highest BCUT2D eigenvalue weighted by Crippen LogP contribution is 2.32. The first-order chi connectivity index (χ1) is 14.0. The van der Waals surface area contributed by atoms with Gasteiger partial charge in [-0.05, 0) is 67.5 Å². The fourth-order valence-electron chi connectivity index (χ4n) is 3.60. The van der Waals surface area contributed by atoms with Gasteiger partial charge in [-0.25, -0.2) is 0 Å². The molecule has 1 aliphatic carbocycles. The molecule has 2 aromatic rings. The second-order valence-electron chi connectivity index (χ2n) is 7.53. The van der Waals surface area contributed by atoms with Gasteiger partial charge in [0.25, 0.3) is 0 Å². The van der Waals surface area contributed by atoms with Crippen LogP contribution in [-0.4, -0.2) is 35.9 Å². The number of hydrogen-bond donors (Lipinski definition) is 2. The number of rotatable bonds is 9. The van der Waals surface area contributed by atoms with Crippen molar-refractivity contribution >= 4 is 11.6 Å². The molecular formula is C23H30N2O4. The van der Waals surface area contributed by atoms with E-state index in [2.05, 4.69) is 5.32 Å². The number of ether oxygens (including phenoxy) is 2. The van der Waals surface area contributed by atoms with E-state index in [9.17, 15) is 10.0 Å². The number of carbonyl (C=O) groups excluding carboxylic acids is 1. The fourth-order valence-corrected chi connectivity index (χ4v) is 3.60. The van der Waals surface area contributed by atoms with Crippen molar-refractivity contribution in [3.63, 3.8) is 0 Å². The van der Waals surface area contributed by atoms with E-state index < -0.39 is 0 Å². The number of hydrogen-bond acceptors (Lipinski definition) is 5. The van der Waals surface area contributed by atoms with Crippen LogP contribution < -0.4 is 14.8 Å². The van der Waals surface area contributed by atoms with Crippen LogP contribution in [0.2, 0.25) is 0 Å². The summed E-state index contributed by atoms with van der Waals surface area (Å²) in [7, 11) is 1.66. The summed E-state index contributed by atoms with van der Waals surface area (Å²) in [5.74, 6) is 1.44. The molecule has 0 spiro atoms. The minimum atomic E-state index is -0.0997. The van der Waals surface area contributed by atoms with E-state index in [1.54, 1.807) is 7.11 Å². The fraction of sp³-hybridized carbons (Fsp3) is 0.435. The molecule has 0 heterocycles. The second-order valence-corrected chi connectivity index (χ2v) is 7.53. The van der Waals surface area contributed by atoms with Crippen LogP contribution in [-0.2, 0) is 17.8 Å². The first-order valence-corrected chi connectivity index (χ1v) is 10.2. The smallest absolute Gasteiger partial charge is 0.221 e. The molecule has 0 atom stereocenters. The standard InChI is InChI=1S/C23H30N2O4/c1-17(26)24-20-10-7-19(8-11-20)16-25(27)14-13-18-9-12-22(28-2)23(15-18)29-21-5-3-4-6-21/h7-12,15,21,27H,3-6,13-14,16H2,1-2H3,(H,24,26). The van der Waals surface area contributed by atoms with Gasteiger partial charge in [-0.1, -0.05) is 18.2 Å². The predicted octanol–water partition coefficient (Wildman–Crippen LogP) is 4.41. The summed E-state index contributed by atoms with van der Waals surface area (Å²) in [6.45, 7) is 2.40. The second kappa shape index (κ2) is 10.3. The molecule has 0 saturated heterocycles. The molecule has 1 fully saturated rings. The molecule has 6 nitrogen and oxygen atoms in total. The van der Waals surface area contributed by atoms with Crippen LogP contribution in [0.1, 0.15) is 43.7 Å². The Bertz CT molecular complexity index is 801. The molecule has 1 aliphatic rings. The van der Waals surface area contributed by atoms with Crippen molar-refractivity contribution in [3.05, 3.63) is 53.6 Å². The van der Waals surface area contributed by atoms with Gasteiger partial charge in [0.1, 0.15) is 0 Å². The van der Waals surface area contributed by atoms with Gasteiger partial charge in [0, 0.05) is 25.7 Å². The summed E-state index contributed by atoms with van der Waals surface area (Å²) in [5, 5.41) is 14.3. The zero-order valence-electron chi connectivity index (χ0n) is 17.2. The third-order valence-electron chi connectivity index (χ3n) is 5.12. The number of anilines is 1. The van der Waals surface area contributed by atoms with Gasteiger partial charge >= 0.3 is 0 Å². The minimum absolute atomic E-state index is 0.0997. The SMILES string of the molecule is COc1ccc(CCN(O)Cc2ccc(NC(C)=O)cc2)cc1OC1CCCC1. The van der Waals surface area contributed by atoms with Gasteiger partial charge in [0.15, 0.2) is 11.5 Å². The normalized spacial score (nSPS) is 14.2. The van der Waals surface area contributed by atoms with Crippen LogP contribution in [0.4, 0.5) is 5.69 Å². The molecule has 2 N–H and O–H groups in total. The van der Waals surface area contributed by atoms with Crippen LogP contribution in [0, 0.1) is 0 Å². The van der Waals surface area contributed by atoms with Gasteiger partial charge in [0.2, 0.25) is 5.91 Å². The zero-order chi connectivity index (χ0) is 20.6. The van der Waals surface area contributed by atoms with Crippen molar-refractivity contribution in [2.75, 3.05) is 19.0 Å². The van der Waals surface area contributed by atoms with Crippen molar-refractivity contribution in [2.24, 2.45) is 0 Å². The number of hydroxylamine groups is 2. The zero-order valence-corrected chi connectivity index (χ0v) is 17.2. The first kappa shape index (κ1) is 21.1. The molecule has 156 valence electrons. The van der Waals surface area contributed by atoms with E-state index in [1.165, 1.54) is 24.8 Å². The molecule has 0 radical (unpaired) electrons. The molecule has 0 aliphatic heterocycles. The number of nitrogens with one attached hydrogen (secondary N) is 1. The Labute approximate surface area is 172 Å². The average Bonchev–Trinajstić information content (AvgIpc) is 3.21. The van der Waals surface area contributed by atoms with Crippen LogP contribution in [0.5, 0.6) is 11.5 Å². The molecule has 6 heteroatoms. The minimum Gasteiger partial charge on any atom is -0.493 e. The average molecular weight is 399 g/mol. The van der Waals surface area contributed by atoms with Crippen molar-refractivity contribution < 1.29 is 19.5 Å². The molecule has 0 bridgehead atoms. The van der Waals surface area contributed by atoms with E-state index in [-0.39, 0.29) is 12.0 Å². The lowest BCUT2D eigenvalue weighted by Gasteiger charge is -2.18. The molecule has 1 amide bonds. The molecular weight excluding hydrogens is 368 g/mol. The van der Waals surface area contributed by atoms with Gasteiger partial charge in [-0.2, -0.15) is 5.06 Å². The Morgan fingerprint density at radius 3 is 2.45 bits per heavy atom. The number of carbonyl (C=O) groups is 1. The van der Waals surface area contributed by atoms with Crippen LogP contribution >= 0.6 is 0 Å². The Hall–Kier alpha value is -2.57. The summed E-state index contributed by atoms with van der Waals surface area (Å²) in [4.78, 5) is 11.1. The van der Waals surface area contributed by atoms with Gasteiger partial charge in [-0.15, -0.1) is 0 Å². The molecule has 0 aromatic heterocycles. The quantitative estimate of drug-likeness (QED) is 0.612. The van der Waals surface area contributed by atoms with Crippen LogP contribution in [0.25, 0.3) is 0 Å². The Morgan fingerprint density at radius 1 is 1.10 bits per heavy atom. The molecule has 0 unspecified atom stereocenters. The number of benzene rings is 2. The van der Waals surface area contributed by atoms with Crippen LogP contribution in [0.3, 0.4) is 0 Å². The van der Waals surface area contributed by atoms with E-state index >= 15 is 0 Å². The Balaban J connectivity index is 1.53. The number of methoxy groups -OCH3 is 1. The topological polar surface area (TPSA) is 71.0 Å². The lowest BCUT2D eigenvalue weighted by atomic mass is 10.1. The largest absolute Gasteiger partial charge is 0.493 e. The van der Waals surface area contributed by atoms with Gasteiger partial charge < -0.3 is 20.0 Å². The van der Waals surface area contributed by atoms with Crippen molar-refractivity contribution in [3.8, 4) is 11.5 Å². The molecule has 3 rings (SSSR count). The maximum atomic E-state index is 11.1. The van der Waals surface area contributed by atoms with E-state index in [0.717, 1.165) is 41.2 Å². The highest BCUT2D eigenvalue weighted by molar-refractivity contribution is 5.88. The molecule has 2 aromatic carbocycles. The molecule has 1 saturated carbocycles. The van der Waals surface area contributed by atoms with Crippen LogP contribution in [0.15, 0.2) is 42.5 Å². The van der Waals surface area contributed by atoms with E-state index in [4.69, 9.17) is 9.47 Å². The highest BCUT2D eigenvalue weighted by atomic mass is 16.5. The Morgan fingerprint density at radius 2 is 1.79 bits per heavy atom. The summed E-state index contributed by atoms with van der Waals surface area (Å²) in [6.07, 6.45) is 5.60. The monoisotopic (exact) mass is 398 g/mol. The molecule has 29 heavy (non-hydrogen) atoms. The van der Waals surface area contributed by atoms with Gasteiger partial charge in [-0.3, -0.25) is 4.79 Å². The lowest BCUT2D eigenvalue weighted by Crippen LogP contribution is -2.21. The van der Waals surface area contributed by atoms with Gasteiger partial charge in [0.05, 0.1) is 13.2 Å². The number of nitrogens with zero attached hydrogens (tertiary/aromatic N) is 1.